The minimum absolute atomic E-state index is 0.0713. The zero-order chi connectivity index (χ0) is 12.3. The Morgan fingerprint density at radius 3 is 2.65 bits per heavy atom. The van der Waals surface area contributed by atoms with Crippen molar-refractivity contribution in [2.24, 2.45) is 5.73 Å². The summed E-state index contributed by atoms with van der Waals surface area (Å²) < 4.78 is 13.6. The first-order valence-corrected chi connectivity index (χ1v) is 7.09. The van der Waals surface area contributed by atoms with Crippen LogP contribution in [0.2, 0.25) is 0 Å². The van der Waals surface area contributed by atoms with E-state index in [4.69, 9.17) is 5.73 Å². The van der Waals surface area contributed by atoms with Crippen molar-refractivity contribution in [1.29, 1.82) is 0 Å². The molecule has 0 radical (unpaired) electrons. The maximum absolute atomic E-state index is 13.1. The molecule has 90 valence electrons. The van der Waals surface area contributed by atoms with Gasteiger partial charge >= 0.3 is 0 Å². The van der Waals surface area contributed by atoms with Gasteiger partial charge in [-0.15, -0.1) is 0 Å². The van der Waals surface area contributed by atoms with Gasteiger partial charge < -0.3 is 5.73 Å². The van der Waals surface area contributed by atoms with Crippen LogP contribution in [0.25, 0.3) is 0 Å². The lowest BCUT2D eigenvalue weighted by Crippen LogP contribution is -2.25. The van der Waals surface area contributed by atoms with E-state index in [1.165, 1.54) is 11.6 Å². The molecule has 1 heterocycles. The molecule has 1 unspecified atom stereocenters. The number of hydrogen-bond donors (Lipinski definition) is 1. The second-order valence-corrected chi connectivity index (χ2v) is 5.68. The smallest absolute Gasteiger partial charge is 0.137 e. The van der Waals surface area contributed by atoms with Gasteiger partial charge in [0, 0.05) is 6.04 Å². The molecule has 0 bridgehead atoms. The average molecular weight is 314 g/mol. The van der Waals surface area contributed by atoms with Crippen molar-refractivity contribution < 1.29 is 4.39 Å². The predicted octanol–water partition coefficient (Wildman–Crippen LogP) is 3.76. The van der Waals surface area contributed by atoms with Crippen LogP contribution in [0.15, 0.2) is 39.5 Å². The van der Waals surface area contributed by atoms with Crippen LogP contribution in [0.4, 0.5) is 4.39 Å². The van der Waals surface area contributed by atoms with Crippen molar-refractivity contribution in [3.05, 3.63) is 56.4 Å². The lowest BCUT2D eigenvalue weighted by Gasteiger charge is -2.11. The van der Waals surface area contributed by atoms with Crippen LogP contribution < -0.4 is 5.73 Å². The van der Waals surface area contributed by atoms with Crippen LogP contribution in [0.1, 0.15) is 11.1 Å². The second kappa shape index (κ2) is 5.76. The van der Waals surface area contributed by atoms with Gasteiger partial charge in [-0.25, -0.2) is 4.39 Å². The van der Waals surface area contributed by atoms with E-state index >= 15 is 0 Å². The summed E-state index contributed by atoms with van der Waals surface area (Å²) in [5.41, 5.74) is 8.40. The van der Waals surface area contributed by atoms with E-state index in [9.17, 15) is 4.39 Å². The summed E-state index contributed by atoms with van der Waals surface area (Å²) in [6.45, 7) is 0. The summed E-state index contributed by atoms with van der Waals surface area (Å²) in [5, 5.41) is 4.16. The van der Waals surface area contributed by atoms with Crippen molar-refractivity contribution in [2.45, 2.75) is 18.9 Å². The standard InChI is InChI=1S/C13H13BrFNS/c14-12-7-9(1-2-13(12)15)5-11(16)6-10-3-4-17-8-10/h1-4,7-8,11H,5-6,16H2. The maximum atomic E-state index is 13.1. The summed E-state index contributed by atoms with van der Waals surface area (Å²) in [6, 6.07) is 7.21. The first-order chi connectivity index (χ1) is 8.15. The van der Waals surface area contributed by atoms with Crippen molar-refractivity contribution in [3.63, 3.8) is 0 Å². The van der Waals surface area contributed by atoms with Crippen LogP contribution in [-0.2, 0) is 12.8 Å². The summed E-state index contributed by atoms with van der Waals surface area (Å²) in [6.07, 6.45) is 1.62. The number of nitrogens with two attached hydrogens (primary N) is 1. The third-order valence-electron chi connectivity index (χ3n) is 2.56. The van der Waals surface area contributed by atoms with Crippen LogP contribution >= 0.6 is 27.3 Å². The van der Waals surface area contributed by atoms with Crippen molar-refractivity contribution >= 4 is 27.3 Å². The van der Waals surface area contributed by atoms with Crippen molar-refractivity contribution in [2.75, 3.05) is 0 Å². The molecule has 4 heteroatoms. The number of benzene rings is 1. The largest absolute Gasteiger partial charge is 0.327 e. The van der Waals surface area contributed by atoms with Gasteiger partial charge in [-0.3, -0.25) is 0 Å². The second-order valence-electron chi connectivity index (χ2n) is 4.05. The lowest BCUT2D eigenvalue weighted by molar-refractivity contribution is 0.617. The van der Waals surface area contributed by atoms with E-state index < -0.39 is 0 Å². The zero-order valence-electron chi connectivity index (χ0n) is 9.20. The third-order valence-corrected chi connectivity index (χ3v) is 3.90. The molecule has 1 aromatic carbocycles. The predicted molar refractivity (Wildman–Crippen MR) is 73.8 cm³/mol. The Kier molecular flexibility index (Phi) is 4.31. The molecular formula is C13H13BrFNS. The number of rotatable bonds is 4. The molecule has 0 saturated carbocycles. The zero-order valence-corrected chi connectivity index (χ0v) is 11.6. The summed E-state index contributed by atoms with van der Waals surface area (Å²) in [4.78, 5) is 0. The Labute approximate surface area is 113 Å². The molecule has 0 aliphatic heterocycles. The topological polar surface area (TPSA) is 26.0 Å². The highest BCUT2D eigenvalue weighted by atomic mass is 79.9. The lowest BCUT2D eigenvalue weighted by atomic mass is 10.0. The van der Waals surface area contributed by atoms with Gasteiger partial charge in [0.25, 0.3) is 0 Å². The van der Waals surface area contributed by atoms with E-state index in [1.807, 2.05) is 0 Å². The minimum atomic E-state index is -0.236. The molecule has 2 rings (SSSR count). The molecular weight excluding hydrogens is 301 g/mol. The Bertz CT molecular complexity index is 484. The fourth-order valence-electron chi connectivity index (χ4n) is 1.75. The van der Waals surface area contributed by atoms with E-state index in [0.717, 1.165) is 18.4 Å². The van der Waals surface area contributed by atoms with Gasteiger partial charge in [0.05, 0.1) is 4.47 Å². The highest BCUT2D eigenvalue weighted by Crippen LogP contribution is 2.18. The average Bonchev–Trinajstić information content (AvgIpc) is 2.76. The quantitative estimate of drug-likeness (QED) is 0.913. The van der Waals surface area contributed by atoms with Gasteiger partial charge in [0.15, 0.2) is 0 Å². The molecule has 17 heavy (non-hydrogen) atoms. The Hall–Kier alpha value is -0.710. The number of thiophene rings is 1. The summed E-state index contributed by atoms with van der Waals surface area (Å²) in [5.74, 6) is -0.236. The monoisotopic (exact) mass is 313 g/mol. The van der Waals surface area contributed by atoms with Crippen molar-refractivity contribution in [1.82, 2.24) is 0 Å². The van der Waals surface area contributed by atoms with Crippen molar-refractivity contribution in [3.8, 4) is 0 Å². The molecule has 0 saturated heterocycles. The molecule has 1 nitrogen and oxygen atoms in total. The normalized spacial score (nSPS) is 12.6. The first kappa shape index (κ1) is 12.7. The van der Waals surface area contributed by atoms with Gasteiger partial charge in [-0.05, 0) is 68.9 Å². The van der Waals surface area contributed by atoms with Gasteiger partial charge in [-0.1, -0.05) is 6.07 Å². The van der Waals surface area contributed by atoms with E-state index in [1.54, 1.807) is 23.5 Å². The van der Waals surface area contributed by atoms with Gasteiger partial charge in [0.2, 0.25) is 0 Å². The molecule has 0 spiro atoms. The van der Waals surface area contributed by atoms with E-state index in [2.05, 4.69) is 32.8 Å². The molecule has 2 aromatic rings. The fourth-order valence-corrected chi connectivity index (χ4v) is 2.86. The number of halogens is 2. The Morgan fingerprint density at radius 1 is 1.24 bits per heavy atom. The molecule has 0 aliphatic rings. The van der Waals surface area contributed by atoms with E-state index in [0.29, 0.717) is 4.47 Å². The molecule has 1 aromatic heterocycles. The Balaban J connectivity index is 1.98. The summed E-state index contributed by atoms with van der Waals surface area (Å²) >= 11 is 4.86. The Morgan fingerprint density at radius 2 is 2.00 bits per heavy atom. The van der Waals surface area contributed by atoms with E-state index in [-0.39, 0.29) is 11.9 Å². The highest BCUT2D eigenvalue weighted by molar-refractivity contribution is 9.10. The van der Waals surface area contributed by atoms with Crippen LogP contribution in [0.5, 0.6) is 0 Å². The SMILES string of the molecule is NC(Cc1ccsc1)Cc1ccc(F)c(Br)c1. The molecule has 2 N–H and O–H groups in total. The van der Waals surface area contributed by atoms with Crippen LogP contribution in [0.3, 0.4) is 0 Å². The van der Waals surface area contributed by atoms with Gasteiger partial charge in [0.1, 0.15) is 5.82 Å². The number of hydrogen-bond acceptors (Lipinski definition) is 2. The fraction of sp³-hybridized carbons (Fsp3) is 0.231. The third kappa shape index (κ3) is 3.63. The first-order valence-electron chi connectivity index (χ1n) is 5.36. The molecule has 1 atom stereocenters. The van der Waals surface area contributed by atoms with Gasteiger partial charge in [-0.2, -0.15) is 11.3 Å². The highest BCUT2D eigenvalue weighted by Gasteiger charge is 2.07. The maximum Gasteiger partial charge on any atom is 0.137 e. The molecule has 0 aliphatic carbocycles. The van der Waals surface area contributed by atoms with Crippen LogP contribution in [0, 0.1) is 5.82 Å². The summed E-state index contributed by atoms with van der Waals surface area (Å²) in [7, 11) is 0. The van der Waals surface area contributed by atoms with Crippen LogP contribution in [-0.4, -0.2) is 6.04 Å². The molecule has 0 amide bonds. The minimum Gasteiger partial charge on any atom is -0.327 e. The molecule has 0 fully saturated rings.